The maximum Gasteiger partial charge on any atom is 0.184 e. The molecular formula is C9H8F2O2S. The highest BCUT2D eigenvalue weighted by Crippen LogP contribution is 2.34. The molecule has 1 aliphatic carbocycles. The van der Waals surface area contributed by atoms with Crippen LogP contribution in [0.3, 0.4) is 0 Å². The van der Waals surface area contributed by atoms with Crippen LogP contribution < -0.4 is 0 Å². The van der Waals surface area contributed by atoms with Crippen molar-refractivity contribution in [3.63, 3.8) is 0 Å². The lowest BCUT2D eigenvalue weighted by Crippen LogP contribution is -2.09. The van der Waals surface area contributed by atoms with E-state index in [0.717, 1.165) is 12.1 Å². The Morgan fingerprint density at radius 1 is 1.21 bits per heavy atom. The van der Waals surface area contributed by atoms with Crippen molar-refractivity contribution in [1.82, 2.24) is 0 Å². The summed E-state index contributed by atoms with van der Waals surface area (Å²) < 4.78 is 48.8. The number of hydrogen-bond donors (Lipinski definition) is 0. The molecule has 5 heteroatoms. The highest BCUT2D eigenvalue weighted by Gasteiger charge is 2.38. The molecule has 1 aromatic rings. The summed E-state index contributed by atoms with van der Waals surface area (Å²) in [6.45, 7) is 0. The van der Waals surface area contributed by atoms with Crippen LogP contribution in [-0.4, -0.2) is 13.7 Å². The molecule has 0 spiro atoms. The Bertz CT molecular complexity index is 464. The molecule has 0 amide bonds. The number of sulfone groups is 1. The summed E-state index contributed by atoms with van der Waals surface area (Å²) >= 11 is 0. The Morgan fingerprint density at radius 3 is 2.36 bits per heavy atom. The summed E-state index contributed by atoms with van der Waals surface area (Å²) in [6.07, 6.45) is 1.14. The molecule has 1 saturated carbocycles. The van der Waals surface area contributed by atoms with E-state index in [1.807, 2.05) is 0 Å². The molecule has 76 valence electrons. The van der Waals surface area contributed by atoms with Gasteiger partial charge in [0.15, 0.2) is 9.84 Å². The average molecular weight is 218 g/mol. The first-order chi connectivity index (χ1) is 6.51. The third kappa shape index (κ3) is 1.52. The fourth-order valence-corrected chi connectivity index (χ4v) is 2.97. The van der Waals surface area contributed by atoms with Gasteiger partial charge in [-0.1, -0.05) is 0 Å². The zero-order valence-electron chi connectivity index (χ0n) is 7.20. The Kier molecular flexibility index (Phi) is 2.06. The molecule has 0 radical (unpaired) electrons. The monoisotopic (exact) mass is 218 g/mol. The van der Waals surface area contributed by atoms with E-state index >= 15 is 0 Å². The highest BCUT2D eigenvalue weighted by molar-refractivity contribution is 7.92. The Hall–Kier alpha value is -0.970. The van der Waals surface area contributed by atoms with Gasteiger partial charge in [0.25, 0.3) is 0 Å². The summed E-state index contributed by atoms with van der Waals surface area (Å²) in [5.41, 5.74) is 0. The van der Waals surface area contributed by atoms with Gasteiger partial charge in [0.2, 0.25) is 0 Å². The molecule has 0 heterocycles. The van der Waals surface area contributed by atoms with E-state index in [4.69, 9.17) is 0 Å². The maximum atomic E-state index is 13.1. The van der Waals surface area contributed by atoms with Crippen LogP contribution >= 0.6 is 0 Å². The van der Waals surface area contributed by atoms with E-state index < -0.39 is 26.7 Å². The largest absolute Gasteiger partial charge is 0.223 e. The Morgan fingerprint density at radius 2 is 1.86 bits per heavy atom. The zero-order chi connectivity index (χ0) is 10.3. The fraction of sp³-hybridized carbons (Fsp3) is 0.333. The Balaban J connectivity index is 2.51. The fourth-order valence-electron chi connectivity index (χ4n) is 1.26. The second-order valence-corrected chi connectivity index (χ2v) is 5.52. The number of benzene rings is 1. The van der Waals surface area contributed by atoms with Crippen LogP contribution in [0.25, 0.3) is 0 Å². The van der Waals surface area contributed by atoms with Gasteiger partial charge in [-0.05, 0) is 25.0 Å². The van der Waals surface area contributed by atoms with Crippen LogP contribution in [0, 0.1) is 11.6 Å². The van der Waals surface area contributed by atoms with Crippen LogP contribution in [0.4, 0.5) is 8.78 Å². The van der Waals surface area contributed by atoms with Gasteiger partial charge in [-0.15, -0.1) is 0 Å². The molecule has 0 aliphatic heterocycles. The number of rotatable bonds is 2. The van der Waals surface area contributed by atoms with Crippen molar-refractivity contribution in [3.05, 3.63) is 29.8 Å². The quantitative estimate of drug-likeness (QED) is 0.710. The van der Waals surface area contributed by atoms with E-state index in [1.54, 1.807) is 0 Å². The molecule has 2 rings (SSSR count). The summed E-state index contributed by atoms with van der Waals surface area (Å²) in [5.74, 6) is -1.77. The topological polar surface area (TPSA) is 34.1 Å². The first-order valence-electron chi connectivity index (χ1n) is 4.21. The molecule has 0 saturated heterocycles. The maximum absolute atomic E-state index is 13.1. The summed E-state index contributed by atoms with van der Waals surface area (Å²) in [4.78, 5) is -0.388. The van der Waals surface area contributed by atoms with Crippen LogP contribution in [0.2, 0.25) is 0 Å². The third-order valence-electron chi connectivity index (χ3n) is 2.16. The van der Waals surface area contributed by atoms with Gasteiger partial charge in [-0.25, -0.2) is 17.2 Å². The lowest BCUT2D eigenvalue weighted by Gasteiger charge is -2.03. The smallest absolute Gasteiger partial charge is 0.184 e. The molecule has 0 bridgehead atoms. The van der Waals surface area contributed by atoms with Crippen molar-refractivity contribution < 1.29 is 17.2 Å². The van der Waals surface area contributed by atoms with Crippen molar-refractivity contribution >= 4 is 9.84 Å². The van der Waals surface area contributed by atoms with E-state index in [9.17, 15) is 17.2 Å². The average Bonchev–Trinajstić information content (AvgIpc) is 2.84. The highest BCUT2D eigenvalue weighted by atomic mass is 32.2. The normalized spacial score (nSPS) is 17.0. The van der Waals surface area contributed by atoms with Crippen LogP contribution in [0.15, 0.2) is 23.1 Å². The minimum absolute atomic E-state index is 0.388. The van der Waals surface area contributed by atoms with Gasteiger partial charge in [0.05, 0.1) is 5.25 Å². The summed E-state index contributed by atoms with van der Waals surface area (Å²) in [6, 6.07) is 2.53. The van der Waals surface area contributed by atoms with Crippen LogP contribution in [0.5, 0.6) is 0 Å². The molecule has 1 fully saturated rings. The number of hydrogen-bond acceptors (Lipinski definition) is 2. The first kappa shape index (κ1) is 9.58. The first-order valence-corrected chi connectivity index (χ1v) is 5.75. The standard InChI is InChI=1S/C9H8F2O2S/c10-6-1-4-9(8(11)5-6)14(12,13)7-2-3-7/h1,4-5,7H,2-3H2. The van der Waals surface area contributed by atoms with Crippen LogP contribution in [0.1, 0.15) is 12.8 Å². The summed E-state index contributed by atoms with van der Waals surface area (Å²) in [5, 5.41) is -0.470. The van der Waals surface area contributed by atoms with Gasteiger partial charge >= 0.3 is 0 Å². The van der Waals surface area contributed by atoms with E-state index in [0.29, 0.717) is 18.9 Å². The van der Waals surface area contributed by atoms with Crippen molar-refractivity contribution in [1.29, 1.82) is 0 Å². The van der Waals surface area contributed by atoms with E-state index in [2.05, 4.69) is 0 Å². The second-order valence-electron chi connectivity index (χ2n) is 3.32. The molecule has 0 N–H and O–H groups in total. The van der Waals surface area contributed by atoms with Crippen molar-refractivity contribution in [2.75, 3.05) is 0 Å². The lowest BCUT2D eigenvalue weighted by atomic mass is 10.3. The molecule has 0 unspecified atom stereocenters. The van der Waals surface area contributed by atoms with Gasteiger partial charge in [0.1, 0.15) is 16.5 Å². The van der Waals surface area contributed by atoms with Crippen LogP contribution in [-0.2, 0) is 9.84 Å². The van der Waals surface area contributed by atoms with Crippen molar-refractivity contribution in [2.24, 2.45) is 0 Å². The van der Waals surface area contributed by atoms with Gasteiger partial charge < -0.3 is 0 Å². The molecule has 2 nitrogen and oxygen atoms in total. The molecular weight excluding hydrogens is 210 g/mol. The molecule has 0 atom stereocenters. The minimum atomic E-state index is -3.55. The molecule has 0 aromatic heterocycles. The van der Waals surface area contributed by atoms with Gasteiger partial charge in [0, 0.05) is 6.07 Å². The van der Waals surface area contributed by atoms with E-state index in [-0.39, 0.29) is 4.90 Å². The minimum Gasteiger partial charge on any atom is -0.223 e. The molecule has 14 heavy (non-hydrogen) atoms. The molecule has 1 aliphatic rings. The number of halogens is 2. The SMILES string of the molecule is O=S(=O)(c1ccc(F)cc1F)C1CC1. The van der Waals surface area contributed by atoms with Gasteiger partial charge in [-0.2, -0.15) is 0 Å². The predicted octanol–water partition coefficient (Wildman–Crippen LogP) is 1.90. The van der Waals surface area contributed by atoms with E-state index in [1.165, 1.54) is 0 Å². The Labute approximate surface area is 80.5 Å². The zero-order valence-corrected chi connectivity index (χ0v) is 8.02. The third-order valence-corrected chi connectivity index (χ3v) is 4.46. The summed E-state index contributed by atoms with van der Waals surface area (Å²) in [7, 11) is -3.55. The predicted molar refractivity (Wildman–Crippen MR) is 46.6 cm³/mol. The lowest BCUT2D eigenvalue weighted by molar-refractivity contribution is 0.548. The van der Waals surface area contributed by atoms with Crippen molar-refractivity contribution in [2.45, 2.75) is 23.0 Å². The molecule has 1 aromatic carbocycles. The second kappa shape index (κ2) is 3.02. The van der Waals surface area contributed by atoms with Crippen molar-refractivity contribution in [3.8, 4) is 0 Å². The van der Waals surface area contributed by atoms with Gasteiger partial charge in [-0.3, -0.25) is 0 Å².